The van der Waals surface area contributed by atoms with Crippen LogP contribution in [-0.4, -0.2) is 38.7 Å². The van der Waals surface area contributed by atoms with Crippen LogP contribution < -0.4 is 10.1 Å². The van der Waals surface area contributed by atoms with Gasteiger partial charge in [0.25, 0.3) is 0 Å². The average Bonchev–Trinajstić information content (AvgIpc) is 2.82. The third kappa shape index (κ3) is 3.61. The Morgan fingerprint density at radius 2 is 2.33 bits per heavy atom. The van der Waals surface area contributed by atoms with Crippen molar-refractivity contribution in [1.82, 2.24) is 10.2 Å². The molecule has 0 radical (unpaired) electrons. The van der Waals surface area contributed by atoms with Gasteiger partial charge in [-0.15, -0.1) is 0 Å². The number of benzene rings is 1. The van der Waals surface area contributed by atoms with Crippen molar-refractivity contribution in [2.75, 3.05) is 33.8 Å². The van der Waals surface area contributed by atoms with Crippen LogP contribution in [0.3, 0.4) is 0 Å². The number of ether oxygens (including phenoxy) is 1. The fourth-order valence-electron chi connectivity index (χ4n) is 2.50. The van der Waals surface area contributed by atoms with Crippen LogP contribution in [0.1, 0.15) is 12.0 Å². The zero-order chi connectivity index (χ0) is 13.0. The predicted octanol–water partition coefficient (Wildman–Crippen LogP) is 2.39. The van der Waals surface area contributed by atoms with Gasteiger partial charge in [0.2, 0.25) is 0 Å². The van der Waals surface area contributed by atoms with Crippen molar-refractivity contribution in [3.8, 4) is 5.75 Å². The maximum absolute atomic E-state index is 6.13. The van der Waals surface area contributed by atoms with Gasteiger partial charge in [-0.2, -0.15) is 0 Å². The van der Waals surface area contributed by atoms with Crippen molar-refractivity contribution in [3.05, 3.63) is 28.8 Å². The molecule has 1 saturated heterocycles. The van der Waals surface area contributed by atoms with E-state index in [1.54, 1.807) is 7.11 Å². The molecule has 1 unspecified atom stereocenters. The number of rotatable bonds is 5. The number of methoxy groups -OCH3 is 1. The Bertz CT molecular complexity index is 391. The van der Waals surface area contributed by atoms with E-state index in [1.165, 1.54) is 12.0 Å². The molecule has 18 heavy (non-hydrogen) atoms. The smallest absolute Gasteiger partial charge is 0.137 e. The molecule has 100 valence electrons. The number of hydrogen-bond acceptors (Lipinski definition) is 3. The summed E-state index contributed by atoms with van der Waals surface area (Å²) in [6.45, 7) is 4.37. The molecular weight excluding hydrogens is 248 g/mol. The topological polar surface area (TPSA) is 24.5 Å². The standard InChI is InChI=1S/C14H21ClN2O/c1-17(10-12-5-6-16-8-12)9-11-3-4-14(18-2)13(15)7-11/h3-4,7,12,16H,5-6,8-10H2,1-2H3. The van der Waals surface area contributed by atoms with Gasteiger partial charge in [0.1, 0.15) is 5.75 Å². The molecule has 0 spiro atoms. The summed E-state index contributed by atoms with van der Waals surface area (Å²) < 4.78 is 5.16. The van der Waals surface area contributed by atoms with Gasteiger partial charge in [0.05, 0.1) is 12.1 Å². The van der Waals surface area contributed by atoms with Crippen molar-refractivity contribution in [2.24, 2.45) is 5.92 Å². The Balaban J connectivity index is 1.89. The fraction of sp³-hybridized carbons (Fsp3) is 0.571. The molecule has 1 N–H and O–H groups in total. The van der Waals surface area contributed by atoms with Crippen molar-refractivity contribution in [2.45, 2.75) is 13.0 Å². The molecule has 1 heterocycles. The van der Waals surface area contributed by atoms with Crippen molar-refractivity contribution in [1.29, 1.82) is 0 Å². The van der Waals surface area contributed by atoms with E-state index in [1.807, 2.05) is 12.1 Å². The van der Waals surface area contributed by atoms with E-state index < -0.39 is 0 Å². The minimum atomic E-state index is 0.686. The van der Waals surface area contributed by atoms with Crippen molar-refractivity contribution >= 4 is 11.6 Å². The molecule has 1 aromatic rings. The van der Waals surface area contributed by atoms with E-state index in [4.69, 9.17) is 16.3 Å². The maximum Gasteiger partial charge on any atom is 0.137 e. The Morgan fingerprint density at radius 3 is 2.94 bits per heavy atom. The first-order chi connectivity index (χ1) is 8.69. The summed E-state index contributed by atoms with van der Waals surface area (Å²) in [6, 6.07) is 6.00. The molecule has 1 aromatic carbocycles. The van der Waals surface area contributed by atoms with Gasteiger partial charge in [-0.25, -0.2) is 0 Å². The lowest BCUT2D eigenvalue weighted by molar-refractivity contribution is 0.278. The summed E-state index contributed by atoms with van der Waals surface area (Å²) in [5, 5.41) is 4.09. The molecule has 3 nitrogen and oxygen atoms in total. The van der Waals surface area contributed by atoms with Crippen LogP contribution in [0.2, 0.25) is 5.02 Å². The molecule has 1 fully saturated rings. The van der Waals surface area contributed by atoms with Crippen LogP contribution in [-0.2, 0) is 6.54 Å². The highest BCUT2D eigenvalue weighted by atomic mass is 35.5. The van der Waals surface area contributed by atoms with E-state index in [-0.39, 0.29) is 0 Å². The molecule has 0 bridgehead atoms. The quantitative estimate of drug-likeness (QED) is 0.888. The second-order valence-electron chi connectivity index (χ2n) is 5.02. The van der Waals surface area contributed by atoms with Gasteiger partial charge in [0.15, 0.2) is 0 Å². The maximum atomic E-state index is 6.13. The number of halogens is 1. The first-order valence-electron chi connectivity index (χ1n) is 6.40. The van der Waals surface area contributed by atoms with E-state index in [0.29, 0.717) is 5.02 Å². The zero-order valence-corrected chi connectivity index (χ0v) is 11.8. The summed E-state index contributed by atoms with van der Waals surface area (Å²) >= 11 is 6.13. The molecule has 1 aliphatic heterocycles. The number of nitrogens with one attached hydrogen (secondary N) is 1. The normalized spacial score (nSPS) is 19.4. The van der Waals surface area contributed by atoms with E-state index in [9.17, 15) is 0 Å². The van der Waals surface area contributed by atoms with Crippen LogP contribution >= 0.6 is 11.6 Å². The molecule has 0 aliphatic carbocycles. The van der Waals surface area contributed by atoms with E-state index >= 15 is 0 Å². The van der Waals surface area contributed by atoms with Gasteiger partial charge >= 0.3 is 0 Å². The lowest BCUT2D eigenvalue weighted by Gasteiger charge is -2.20. The monoisotopic (exact) mass is 268 g/mol. The minimum Gasteiger partial charge on any atom is -0.495 e. The molecule has 4 heteroatoms. The highest BCUT2D eigenvalue weighted by Crippen LogP contribution is 2.25. The summed E-state index contributed by atoms with van der Waals surface area (Å²) in [4.78, 5) is 2.36. The average molecular weight is 269 g/mol. The largest absolute Gasteiger partial charge is 0.495 e. The molecule has 0 saturated carbocycles. The van der Waals surface area contributed by atoms with Gasteiger partial charge in [-0.1, -0.05) is 17.7 Å². The van der Waals surface area contributed by atoms with Crippen LogP contribution in [0.15, 0.2) is 18.2 Å². The number of hydrogen-bond donors (Lipinski definition) is 1. The molecule has 1 aliphatic rings. The fourth-order valence-corrected chi connectivity index (χ4v) is 2.78. The van der Waals surface area contributed by atoms with Crippen LogP contribution in [0.5, 0.6) is 5.75 Å². The first-order valence-corrected chi connectivity index (χ1v) is 6.78. The van der Waals surface area contributed by atoms with Crippen LogP contribution in [0, 0.1) is 5.92 Å². The molecule has 1 atom stereocenters. The van der Waals surface area contributed by atoms with E-state index in [2.05, 4.69) is 23.3 Å². The predicted molar refractivity (Wildman–Crippen MR) is 75.3 cm³/mol. The lowest BCUT2D eigenvalue weighted by Crippen LogP contribution is -2.26. The second kappa shape index (κ2) is 6.41. The Kier molecular flexibility index (Phi) is 4.87. The van der Waals surface area contributed by atoms with Gasteiger partial charge in [0, 0.05) is 13.1 Å². The highest BCUT2D eigenvalue weighted by molar-refractivity contribution is 6.32. The van der Waals surface area contributed by atoms with Gasteiger partial charge in [-0.3, -0.25) is 0 Å². The summed E-state index contributed by atoms with van der Waals surface area (Å²) in [5.41, 5.74) is 1.23. The first kappa shape index (κ1) is 13.7. The second-order valence-corrected chi connectivity index (χ2v) is 5.43. The SMILES string of the molecule is COc1ccc(CN(C)CC2CCNC2)cc1Cl. The highest BCUT2D eigenvalue weighted by Gasteiger charge is 2.16. The van der Waals surface area contributed by atoms with Crippen LogP contribution in [0.25, 0.3) is 0 Å². The molecule has 0 aromatic heterocycles. The Morgan fingerprint density at radius 1 is 1.50 bits per heavy atom. The molecular formula is C14H21ClN2O. The van der Waals surface area contributed by atoms with Gasteiger partial charge in [-0.05, 0) is 50.2 Å². The summed E-state index contributed by atoms with van der Waals surface area (Å²) in [5.74, 6) is 1.52. The Labute approximate surface area is 114 Å². The lowest BCUT2D eigenvalue weighted by atomic mass is 10.1. The summed E-state index contributed by atoms with van der Waals surface area (Å²) in [6.07, 6.45) is 1.29. The molecule has 2 rings (SSSR count). The van der Waals surface area contributed by atoms with Crippen molar-refractivity contribution < 1.29 is 4.74 Å². The van der Waals surface area contributed by atoms with Crippen molar-refractivity contribution in [3.63, 3.8) is 0 Å². The summed E-state index contributed by atoms with van der Waals surface area (Å²) in [7, 11) is 3.80. The third-order valence-electron chi connectivity index (χ3n) is 3.40. The molecule has 0 amide bonds. The zero-order valence-electron chi connectivity index (χ0n) is 11.1. The minimum absolute atomic E-state index is 0.686. The Hall–Kier alpha value is -0.770. The third-order valence-corrected chi connectivity index (χ3v) is 3.70. The number of nitrogens with zero attached hydrogens (tertiary/aromatic N) is 1. The van der Waals surface area contributed by atoms with E-state index in [0.717, 1.165) is 37.8 Å². The van der Waals surface area contributed by atoms with Crippen LogP contribution in [0.4, 0.5) is 0 Å². The van der Waals surface area contributed by atoms with Gasteiger partial charge < -0.3 is 15.0 Å².